The van der Waals surface area contributed by atoms with Crippen molar-refractivity contribution in [1.82, 2.24) is 14.5 Å². The third-order valence-electron chi connectivity index (χ3n) is 6.84. The van der Waals surface area contributed by atoms with Crippen LogP contribution < -0.4 is 10.9 Å². The molecule has 3 aliphatic rings. The van der Waals surface area contributed by atoms with E-state index < -0.39 is 12.0 Å². The van der Waals surface area contributed by atoms with Crippen LogP contribution in [0.25, 0.3) is 0 Å². The minimum atomic E-state index is -0.786. The van der Waals surface area contributed by atoms with Gasteiger partial charge in [-0.15, -0.1) is 11.3 Å². The van der Waals surface area contributed by atoms with Crippen LogP contribution in [0.2, 0.25) is 0 Å². The SMILES string of the molecule is O=C(Nc1nccs1)[C@H]1[C@H](CO)[C@H]2Cn3c(cccc3=O)[C@H]2N1C(=O)C1CCCC1. The first-order chi connectivity index (χ1) is 14.6. The Hall–Kier alpha value is -2.52. The van der Waals surface area contributed by atoms with Crippen LogP contribution in [0.5, 0.6) is 0 Å². The number of aliphatic hydroxyl groups is 1. The molecule has 158 valence electrons. The van der Waals surface area contributed by atoms with Gasteiger partial charge in [0.15, 0.2) is 5.13 Å². The minimum absolute atomic E-state index is 0.0394. The van der Waals surface area contributed by atoms with E-state index in [1.54, 1.807) is 27.1 Å². The van der Waals surface area contributed by atoms with Gasteiger partial charge in [-0.3, -0.25) is 14.4 Å². The van der Waals surface area contributed by atoms with E-state index in [1.165, 1.54) is 17.4 Å². The van der Waals surface area contributed by atoms with Crippen LogP contribution in [0.15, 0.2) is 34.6 Å². The molecule has 5 rings (SSSR count). The fourth-order valence-corrected chi connectivity index (χ4v) is 6.06. The molecule has 0 aromatic carbocycles. The number of carbonyl (C=O) groups excluding carboxylic acids is 2. The molecule has 9 heteroatoms. The van der Waals surface area contributed by atoms with Crippen molar-refractivity contribution in [3.8, 4) is 0 Å². The number of rotatable bonds is 4. The summed E-state index contributed by atoms with van der Waals surface area (Å²) >= 11 is 1.31. The number of pyridine rings is 1. The number of hydrogen-bond acceptors (Lipinski definition) is 6. The second-order valence-corrected chi connectivity index (χ2v) is 9.25. The zero-order valence-corrected chi connectivity index (χ0v) is 17.3. The van der Waals surface area contributed by atoms with Gasteiger partial charge in [0, 0.05) is 54.2 Å². The van der Waals surface area contributed by atoms with E-state index in [-0.39, 0.29) is 41.9 Å². The van der Waals surface area contributed by atoms with Gasteiger partial charge in [0.1, 0.15) is 6.04 Å². The minimum Gasteiger partial charge on any atom is -0.396 e. The lowest BCUT2D eigenvalue weighted by atomic mass is 9.88. The summed E-state index contributed by atoms with van der Waals surface area (Å²) in [5.41, 5.74) is 0.637. The summed E-state index contributed by atoms with van der Waals surface area (Å²) in [6.45, 7) is 0.175. The number of amides is 2. The Labute approximate surface area is 177 Å². The second kappa shape index (κ2) is 7.63. The lowest BCUT2D eigenvalue weighted by molar-refractivity contribution is -0.143. The predicted molar refractivity (Wildman–Crippen MR) is 111 cm³/mol. The maximum absolute atomic E-state index is 13.6. The highest BCUT2D eigenvalue weighted by Crippen LogP contribution is 2.50. The maximum Gasteiger partial charge on any atom is 0.250 e. The van der Waals surface area contributed by atoms with Crippen LogP contribution in [0.1, 0.15) is 37.4 Å². The second-order valence-electron chi connectivity index (χ2n) is 8.35. The number of aromatic nitrogens is 2. The zero-order valence-electron chi connectivity index (χ0n) is 16.4. The average Bonchev–Trinajstić information content (AvgIpc) is 3.51. The van der Waals surface area contributed by atoms with E-state index in [0.29, 0.717) is 11.7 Å². The third kappa shape index (κ3) is 2.99. The Bertz CT molecular complexity index is 1010. The highest BCUT2D eigenvalue weighted by atomic mass is 32.1. The highest BCUT2D eigenvalue weighted by Gasteiger charge is 2.58. The fourth-order valence-electron chi connectivity index (χ4n) is 5.53. The summed E-state index contributed by atoms with van der Waals surface area (Å²) in [6, 6.07) is 3.90. The van der Waals surface area contributed by atoms with E-state index in [2.05, 4.69) is 10.3 Å². The van der Waals surface area contributed by atoms with E-state index in [9.17, 15) is 19.5 Å². The number of thiazole rings is 1. The monoisotopic (exact) mass is 428 g/mol. The molecule has 2 amide bonds. The smallest absolute Gasteiger partial charge is 0.250 e. The van der Waals surface area contributed by atoms with Crippen molar-refractivity contribution in [2.24, 2.45) is 17.8 Å². The number of aliphatic hydroxyl groups excluding tert-OH is 1. The predicted octanol–water partition coefficient (Wildman–Crippen LogP) is 1.62. The molecule has 1 saturated carbocycles. The normalized spacial score (nSPS) is 27.8. The van der Waals surface area contributed by atoms with Gasteiger partial charge in [-0.05, 0) is 18.9 Å². The summed E-state index contributed by atoms with van der Waals surface area (Å²) < 4.78 is 1.68. The van der Waals surface area contributed by atoms with E-state index >= 15 is 0 Å². The standard InChI is InChI=1S/C21H24N4O4S/c26-11-14-13-10-24-15(6-3-7-16(24)27)17(13)25(20(29)12-4-1-2-5-12)18(14)19(28)23-21-22-8-9-30-21/h3,6-9,12-14,17-18,26H,1-2,4-5,10-11H2,(H,22,23,28)/t13-,14-,17+,18-/m1/s1. The van der Waals surface area contributed by atoms with Gasteiger partial charge in [0.2, 0.25) is 11.8 Å². The zero-order chi connectivity index (χ0) is 20.8. The highest BCUT2D eigenvalue weighted by molar-refractivity contribution is 7.13. The molecule has 0 bridgehead atoms. The molecule has 4 heterocycles. The van der Waals surface area contributed by atoms with Crippen molar-refractivity contribution in [3.05, 3.63) is 45.8 Å². The first kappa shape index (κ1) is 19.4. The van der Waals surface area contributed by atoms with Gasteiger partial charge in [0.25, 0.3) is 5.56 Å². The van der Waals surface area contributed by atoms with E-state index in [4.69, 9.17) is 0 Å². The average molecular weight is 429 g/mol. The van der Waals surface area contributed by atoms with Gasteiger partial charge >= 0.3 is 0 Å². The fraction of sp³-hybridized carbons (Fsp3) is 0.524. The summed E-state index contributed by atoms with van der Waals surface area (Å²) in [4.78, 5) is 45.1. The lowest BCUT2D eigenvalue weighted by Crippen LogP contribution is -2.49. The maximum atomic E-state index is 13.6. The molecule has 1 aliphatic carbocycles. The van der Waals surface area contributed by atoms with Crippen molar-refractivity contribution in [2.75, 3.05) is 11.9 Å². The van der Waals surface area contributed by atoms with Crippen LogP contribution >= 0.6 is 11.3 Å². The number of nitrogens with one attached hydrogen (secondary N) is 1. The Morgan fingerprint density at radius 1 is 1.27 bits per heavy atom. The van der Waals surface area contributed by atoms with Gasteiger partial charge < -0.3 is 19.9 Å². The van der Waals surface area contributed by atoms with Crippen molar-refractivity contribution < 1.29 is 14.7 Å². The number of fused-ring (bicyclic) bond motifs is 3. The molecule has 0 radical (unpaired) electrons. The topological polar surface area (TPSA) is 105 Å². The summed E-state index contributed by atoms with van der Waals surface area (Å²) in [5.74, 6) is -1.10. The molecule has 0 unspecified atom stereocenters. The van der Waals surface area contributed by atoms with Crippen LogP contribution in [0.4, 0.5) is 5.13 Å². The van der Waals surface area contributed by atoms with Crippen LogP contribution in [-0.4, -0.2) is 44.0 Å². The number of likely N-dealkylation sites (tertiary alicyclic amines) is 1. The Balaban J connectivity index is 1.57. The molecular weight excluding hydrogens is 404 g/mol. The summed E-state index contributed by atoms with van der Waals surface area (Å²) in [7, 11) is 0. The molecular formula is C21H24N4O4S. The van der Waals surface area contributed by atoms with Gasteiger partial charge in [-0.1, -0.05) is 18.9 Å². The van der Waals surface area contributed by atoms with E-state index in [0.717, 1.165) is 31.4 Å². The third-order valence-corrected chi connectivity index (χ3v) is 7.53. The lowest BCUT2D eigenvalue weighted by Gasteiger charge is -2.32. The van der Waals surface area contributed by atoms with Gasteiger partial charge in [0.05, 0.1) is 6.04 Å². The quantitative estimate of drug-likeness (QED) is 0.770. The first-order valence-electron chi connectivity index (χ1n) is 10.4. The van der Waals surface area contributed by atoms with Crippen LogP contribution in [0.3, 0.4) is 0 Å². The largest absolute Gasteiger partial charge is 0.396 e. The molecule has 4 atom stereocenters. The Kier molecular flexibility index (Phi) is 4.94. The molecule has 1 saturated heterocycles. The summed E-state index contributed by atoms with van der Waals surface area (Å²) in [6.07, 6.45) is 5.26. The van der Waals surface area contributed by atoms with Crippen LogP contribution in [0, 0.1) is 17.8 Å². The van der Waals surface area contributed by atoms with Crippen molar-refractivity contribution in [2.45, 2.75) is 44.3 Å². The van der Waals surface area contributed by atoms with Gasteiger partial charge in [-0.2, -0.15) is 0 Å². The molecule has 30 heavy (non-hydrogen) atoms. The first-order valence-corrected chi connectivity index (χ1v) is 11.3. The molecule has 8 nitrogen and oxygen atoms in total. The molecule has 2 aromatic heterocycles. The number of nitrogens with zero attached hydrogens (tertiary/aromatic N) is 3. The molecule has 0 spiro atoms. The van der Waals surface area contributed by atoms with E-state index in [1.807, 2.05) is 6.07 Å². The number of hydrogen-bond donors (Lipinski definition) is 2. The Morgan fingerprint density at radius 3 is 2.77 bits per heavy atom. The Morgan fingerprint density at radius 2 is 2.07 bits per heavy atom. The molecule has 2 fully saturated rings. The molecule has 2 N–H and O–H groups in total. The van der Waals surface area contributed by atoms with Crippen molar-refractivity contribution >= 4 is 28.3 Å². The molecule has 2 aromatic rings. The van der Waals surface area contributed by atoms with Crippen LogP contribution in [-0.2, 0) is 16.1 Å². The number of anilines is 1. The van der Waals surface area contributed by atoms with Gasteiger partial charge in [-0.25, -0.2) is 4.98 Å². The van der Waals surface area contributed by atoms with Crippen molar-refractivity contribution in [1.29, 1.82) is 0 Å². The summed E-state index contributed by atoms with van der Waals surface area (Å²) in [5, 5.41) is 15.3. The molecule has 2 aliphatic heterocycles. The van der Waals surface area contributed by atoms with Crippen molar-refractivity contribution in [3.63, 3.8) is 0 Å². The number of carbonyl (C=O) groups is 2.